The molecule has 2 N–H and O–H groups in total. The first kappa shape index (κ1) is 20.7. The van der Waals surface area contributed by atoms with Gasteiger partial charge in [0.2, 0.25) is 0 Å². The van der Waals surface area contributed by atoms with Gasteiger partial charge in [-0.15, -0.1) is 0 Å². The minimum Gasteiger partial charge on any atom is -0.493 e. The molecule has 1 rings (SSSR count). The molecule has 0 unspecified atom stereocenters. The van der Waals surface area contributed by atoms with Crippen LogP contribution in [0, 0.1) is 10.1 Å². The van der Waals surface area contributed by atoms with Crippen LogP contribution in [0.3, 0.4) is 0 Å². The summed E-state index contributed by atoms with van der Waals surface area (Å²) in [6.45, 7) is 1.42. The molecule has 0 bridgehead atoms. The second-order valence-corrected chi connectivity index (χ2v) is 4.86. The molecule has 0 radical (unpaired) electrons. The number of urea groups is 1. The number of benzene rings is 1. The second-order valence-electron chi connectivity index (χ2n) is 4.86. The molecule has 1 aromatic carbocycles. The van der Waals surface area contributed by atoms with Gasteiger partial charge in [-0.05, 0) is 6.42 Å². The van der Waals surface area contributed by atoms with Crippen molar-refractivity contribution in [2.75, 3.05) is 27.4 Å². The Morgan fingerprint density at radius 1 is 1.15 bits per heavy atom. The fourth-order valence-electron chi connectivity index (χ4n) is 1.84. The Kier molecular flexibility index (Phi) is 7.80. The molecule has 0 aromatic heterocycles. The molecule has 11 nitrogen and oxygen atoms in total. The lowest BCUT2D eigenvalue weighted by molar-refractivity contribution is -0.385. The first-order valence-corrected chi connectivity index (χ1v) is 7.49. The summed E-state index contributed by atoms with van der Waals surface area (Å²) in [6, 6.07) is 1.35. The maximum absolute atomic E-state index is 12.1. The van der Waals surface area contributed by atoms with Crippen LogP contribution in [-0.4, -0.2) is 50.2 Å². The van der Waals surface area contributed by atoms with Crippen molar-refractivity contribution < 1.29 is 33.5 Å². The number of hydrogen-bond donors (Lipinski definition) is 2. The summed E-state index contributed by atoms with van der Waals surface area (Å²) in [7, 11) is 2.58. The van der Waals surface area contributed by atoms with Crippen molar-refractivity contribution in [2.45, 2.75) is 13.3 Å². The minimum atomic E-state index is -1.12. The van der Waals surface area contributed by atoms with E-state index in [1.165, 1.54) is 14.2 Å². The normalized spacial score (nSPS) is 9.81. The quantitative estimate of drug-likeness (QED) is 0.392. The highest BCUT2D eigenvalue weighted by molar-refractivity contribution is 5.98. The number of methoxy groups -OCH3 is 2. The average molecular weight is 369 g/mol. The average Bonchev–Trinajstić information content (AvgIpc) is 2.62. The summed E-state index contributed by atoms with van der Waals surface area (Å²) in [6.07, 6.45) is 0.680. The lowest BCUT2D eigenvalue weighted by atomic mass is 10.1. The molecule has 0 saturated carbocycles. The lowest BCUT2D eigenvalue weighted by Gasteiger charge is -2.10. The Morgan fingerprint density at radius 3 is 2.31 bits per heavy atom. The standard InChI is InChI=1S/C15H19N3O8/c1-4-5-16-15(21)17-13(19)8-26-14(20)9-6-11(24-2)12(25-3)7-10(9)18(22)23/h6-7H,4-5,8H2,1-3H3,(H2,16,17,19,21). The summed E-state index contributed by atoms with van der Waals surface area (Å²) >= 11 is 0. The maximum Gasteiger partial charge on any atom is 0.345 e. The van der Waals surface area contributed by atoms with Crippen molar-refractivity contribution in [1.29, 1.82) is 0 Å². The predicted molar refractivity (Wildman–Crippen MR) is 88.3 cm³/mol. The summed E-state index contributed by atoms with van der Waals surface area (Å²) in [5.74, 6) is -1.87. The van der Waals surface area contributed by atoms with E-state index in [0.29, 0.717) is 13.0 Å². The van der Waals surface area contributed by atoms with Crippen LogP contribution in [0.2, 0.25) is 0 Å². The molecule has 0 heterocycles. The Bertz CT molecular complexity index is 704. The highest BCUT2D eigenvalue weighted by Gasteiger charge is 2.26. The minimum absolute atomic E-state index is 0.0566. The van der Waals surface area contributed by atoms with Gasteiger partial charge in [-0.25, -0.2) is 9.59 Å². The van der Waals surface area contributed by atoms with Gasteiger partial charge < -0.3 is 19.5 Å². The molecule has 0 saturated heterocycles. The van der Waals surface area contributed by atoms with Gasteiger partial charge in [0.1, 0.15) is 5.56 Å². The highest BCUT2D eigenvalue weighted by atomic mass is 16.6. The summed E-state index contributed by atoms with van der Waals surface area (Å²) in [5.41, 5.74) is -0.996. The number of nitrogens with one attached hydrogen (secondary N) is 2. The fourth-order valence-corrected chi connectivity index (χ4v) is 1.84. The van der Waals surface area contributed by atoms with Crippen molar-refractivity contribution in [3.8, 4) is 11.5 Å². The first-order chi connectivity index (χ1) is 12.3. The number of nitro benzene ring substituents is 1. The van der Waals surface area contributed by atoms with Crippen LogP contribution in [0.1, 0.15) is 23.7 Å². The van der Waals surface area contributed by atoms with E-state index < -0.39 is 40.7 Å². The topological polar surface area (TPSA) is 146 Å². The Balaban J connectivity index is 2.84. The smallest absolute Gasteiger partial charge is 0.345 e. The summed E-state index contributed by atoms with van der Waals surface area (Å²) < 4.78 is 14.7. The summed E-state index contributed by atoms with van der Waals surface area (Å²) in [4.78, 5) is 45.3. The van der Waals surface area contributed by atoms with Crippen LogP contribution in [0.5, 0.6) is 11.5 Å². The first-order valence-electron chi connectivity index (χ1n) is 7.49. The third-order valence-electron chi connectivity index (χ3n) is 3.04. The van der Waals surface area contributed by atoms with E-state index in [2.05, 4.69) is 5.32 Å². The second kappa shape index (κ2) is 9.81. The molecular weight excluding hydrogens is 350 g/mol. The van der Waals surface area contributed by atoms with E-state index in [1.54, 1.807) is 0 Å². The molecular formula is C15H19N3O8. The number of carbonyl (C=O) groups is 3. The zero-order chi connectivity index (χ0) is 19.7. The number of ether oxygens (including phenoxy) is 3. The molecule has 0 spiro atoms. The van der Waals surface area contributed by atoms with Crippen LogP contribution >= 0.6 is 0 Å². The third-order valence-corrected chi connectivity index (χ3v) is 3.04. The number of esters is 1. The van der Waals surface area contributed by atoms with Crippen LogP contribution in [0.4, 0.5) is 10.5 Å². The number of carbonyl (C=O) groups excluding carboxylic acids is 3. The predicted octanol–water partition coefficient (Wildman–Crippen LogP) is 1.00. The van der Waals surface area contributed by atoms with Crippen molar-refractivity contribution >= 4 is 23.6 Å². The molecule has 0 fully saturated rings. The van der Waals surface area contributed by atoms with Gasteiger partial charge in [0.05, 0.1) is 25.2 Å². The molecule has 0 atom stereocenters. The van der Waals surface area contributed by atoms with Crippen molar-refractivity contribution in [1.82, 2.24) is 10.6 Å². The zero-order valence-corrected chi connectivity index (χ0v) is 14.5. The molecule has 142 valence electrons. The van der Waals surface area contributed by atoms with E-state index in [1.807, 2.05) is 12.2 Å². The molecule has 0 aliphatic rings. The van der Waals surface area contributed by atoms with Crippen LogP contribution in [0.15, 0.2) is 12.1 Å². The number of nitro groups is 1. The monoisotopic (exact) mass is 369 g/mol. The Labute approximate surface area is 148 Å². The largest absolute Gasteiger partial charge is 0.493 e. The van der Waals surface area contributed by atoms with E-state index >= 15 is 0 Å². The van der Waals surface area contributed by atoms with Gasteiger partial charge >= 0.3 is 12.0 Å². The molecule has 26 heavy (non-hydrogen) atoms. The van der Waals surface area contributed by atoms with Gasteiger partial charge in [0, 0.05) is 12.6 Å². The van der Waals surface area contributed by atoms with Gasteiger partial charge in [-0.2, -0.15) is 0 Å². The third kappa shape index (κ3) is 5.61. The highest BCUT2D eigenvalue weighted by Crippen LogP contribution is 2.34. The van der Waals surface area contributed by atoms with Crippen molar-refractivity contribution in [2.24, 2.45) is 0 Å². The lowest BCUT2D eigenvalue weighted by Crippen LogP contribution is -2.41. The number of amides is 3. The Hall–Kier alpha value is -3.37. The molecule has 1 aromatic rings. The van der Waals surface area contributed by atoms with Crippen molar-refractivity contribution in [3.05, 3.63) is 27.8 Å². The Morgan fingerprint density at radius 2 is 1.77 bits per heavy atom. The molecule has 3 amide bonds. The summed E-state index contributed by atoms with van der Waals surface area (Å²) in [5, 5.41) is 15.5. The molecule has 0 aliphatic heterocycles. The van der Waals surface area contributed by atoms with Gasteiger partial charge in [-0.3, -0.25) is 20.2 Å². The molecule has 11 heteroatoms. The van der Waals surface area contributed by atoms with Crippen LogP contribution < -0.4 is 20.1 Å². The van der Waals surface area contributed by atoms with E-state index in [9.17, 15) is 24.5 Å². The van der Waals surface area contributed by atoms with Gasteiger partial charge in [-0.1, -0.05) is 6.92 Å². The van der Waals surface area contributed by atoms with E-state index in [4.69, 9.17) is 14.2 Å². The maximum atomic E-state index is 12.1. The van der Waals surface area contributed by atoms with Gasteiger partial charge in [0.15, 0.2) is 18.1 Å². The van der Waals surface area contributed by atoms with E-state index in [0.717, 1.165) is 12.1 Å². The fraction of sp³-hybridized carbons (Fsp3) is 0.400. The number of imide groups is 1. The number of hydrogen-bond acceptors (Lipinski definition) is 8. The zero-order valence-electron chi connectivity index (χ0n) is 14.5. The van der Waals surface area contributed by atoms with E-state index in [-0.39, 0.29) is 11.5 Å². The molecule has 0 aliphatic carbocycles. The van der Waals surface area contributed by atoms with Crippen LogP contribution in [0.25, 0.3) is 0 Å². The van der Waals surface area contributed by atoms with Crippen LogP contribution in [-0.2, 0) is 9.53 Å². The SMILES string of the molecule is CCCNC(=O)NC(=O)COC(=O)c1cc(OC)c(OC)cc1[N+](=O)[O-]. The van der Waals surface area contributed by atoms with Crippen molar-refractivity contribution in [3.63, 3.8) is 0 Å². The van der Waals surface area contributed by atoms with Gasteiger partial charge in [0.25, 0.3) is 11.6 Å². The number of rotatable bonds is 8. The number of nitrogens with zero attached hydrogens (tertiary/aromatic N) is 1.